The van der Waals surface area contributed by atoms with E-state index < -0.39 is 11.4 Å². The Morgan fingerprint density at radius 3 is 2.36 bits per heavy atom. The third-order valence-corrected chi connectivity index (χ3v) is 6.28. The number of carbonyl (C=O) groups is 2. The van der Waals surface area contributed by atoms with E-state index in [1.165, 1.54) is 37.1 Å². The summed E-state index contributed by atoms with van der Waals surface area (Å²) in [7, 11) is 0. The number of nitrogens with zero attached hydrogens (tertiary/aromatic N) is 2. The lowest BCUT2D eigenvalue weighted by atomic mass is 9.81. The molecule has 1 aromatic rings. The highest BCUT2D eigenvalue weighted by Gasteiger charge is 2.59. The second kappa shape index (κ2) is 6.09. The molecule has 1 aliphatic carbocycles. The molecule has 5 nitrogen and oxygen atoms in total. The number of hydrogen-bond acceptors (Lipinski definition) is 3. The van der Waals surface area contributed by atoms with Gasteiger partial charge in [-0.15, -0.1) is 0 Å². The predicted molar refractivity (Wildman–Crippen MR) is 89.7 cm³/mol. The van der Waals surface area contributed by atoms with Crippen molar-refractivity contribution in [2.45, 2.75) is 31.7 Å². The molecule has 134 valence electrons. The van der Waals surface area contributed by atoms with Gasteiger partial charge in [-0.05, 0) is 37.1 Å². The maximum absolute atomic E-state index is 13.1. The van der Waals surface area contributed by atoms with Gasteiger partial charge in [0, 0.05) is 43.7 Å². The fourth-order valence-corrected chi connectivity index (χ4v) is 4.88. The molecule has 2 saturated heterocycles. The van der Waals surface area contributed by atoms with Crippen LogP contribution in [0.5, 0.6) is 0 Å². The first-order valence-electron chi connectivity index (χ1n) is 9.02. The van der Waals surface area contributed by atoms with E-state index in [0.717, 1.165) is 19.4 Å². The Labute approximate surface area is 146 Å². The van der Waals surface area contributed by atoms with Crippen LogP contribution in [-0.4, -0.2) is 59.0 Å². The molecule has 0 unspecified atom stereocenters. The minimum absolute atomic E-state index is 0.0324. The fourth-order valence-electron chi connectivity index (χ4n) is 4.88. The largest absolute Gasteiger partial charge is 0.481 e. The zero-order valence-corrected chi connectivity index (χ0v) is 14.2. The first-order valence-corrected chi connectivity index (χ1v) is 9.02. The highest BCUT2D eigenvalue weighted by Crippen LogP contribution is 2.45. The van der Waals surface area contributed by atoms with E-state index in [9.17, 15) is 19.1 Å². The number of aliphatic carboxylic acids is 1. The number of carboxylic acid groups (broad SMARTS) is 1. The molecule has 25 heavy (non-hydrogen) atoms. The summed E-state index contributed by atoms with van der Waals surface area (Å²) < 4.78 is 13.1. The van der Waals surface area contributed by atoms with Gasteiger partial charge in [0.1, 0.15) is 11.2 Å². The average Bonchev–Trinajstić information content (AvgIpc) is 3.28. The number of amides is 1. The van der Waals surface area contributed by atoms with Crippen molar-refractivity contribution in [1.29, 1.82) is 0 Å². The summed E-state index contributed by atoms with van der Waals surface area (Å²) in [5, 5.41) is 9.93. The monoisotopic (exact) mass is 346 g/mol. The highest BCUT2D eigenvalue weighted by molar-refractivity contribution is 5.95. The Hall–Kier alpha value is -1.95. The quantitative estimate of drug-likeness (QED) is 0.912. The number of benzene rings is 1. The van der Waals surface area contributed by atoms with Crippen LogP contribution in [0.1, 0.15) is 36.0 Å². The molecule has 2 atom stereocenters. The lowest BCUT2D eigenvalue weighted by molar-refractivity contribution is -0.148. The average molecular weight is 346 g/mol. The van der Waals surface area contributed by atoms with E-state index in [0.29, 0.717) is 24.7 Å². The fraction of sp³-hybridized carbons (Fsp3) is 0.579. The number of likely N-dealkylation sites (tertiary alicyclic amines) is 2. The predicted octanol–water partition coefficient (Wildman–Crippen LogP) is 2.23. The zero-order chi connectivity index (χ0) is 17.6. The van der Waals surface area contributed by atoms with Crippen LogP contribution in [0.15, 0.2) is 24.3 Å². The molecule has 0 bridgehead atoms. The van der Waals surface area contributed by atoms with Gasteiger partial charge in [-0.2, -0.15) is 0 Å². The standard InChI is InChI=1S/C19H23FN2O3/c20-15-7-5-13(6-8-15)17(23)22-10-14-9-21(16-3-1-2-4-16)11-19(14,12-22)18(24)25/h5-8,14,16H,1-4,9-12H2,(H,24,25)/t14-,19-/m1/s1. The van der Waals surface area contributed by atoms with Gasteiger partial charge in [-0.1, -0.05) is 12.8 Å². The van der Waals surface area contributed by atoms with E-state index in [-0.39, 0.29) is 24.2 Å². The maximum atomic E-state index is 13.1. The van der Waals surface area contributed by atoms with Gasteiger partial charge in [0.2, 0.25) is 0 Å². The Morgan fingerprint density at radius 1 is 1.08 bits per heavy atom. The third kappa shape index (κ3) is 2.72. The van der Waals surface area contributed by atoms with E-state index in [1.807, 2.05) is 0 Å². The van der Waals surface area contributed by atoms with Crippen LogP contribution in [0.4, 0.5) is 4.39 Å². The zero-order valence-electron chi connectivity index (χ0n) is 14.2. The van der Waals surface area contributed by atoms with Crippen molar-refractivity contribution in [3.05, 3.63) is 35.6 Å². The number of carboxylic acids is 1. The molecule has 4 rings (SSSR count). The number of halogens is 1. The van der Waals surface area contributed by atoms with E-state index in [1.54, 1.807) is 4.90 Å². The van der Waals surface area contributed by atoms with Gasteiger partial charge in [0.25, 0.3) is 5.91 Å². The molecule has 1 N–H and O–H groups in total. The topological polar surface area (TPSA) is 60.9 Å². The molecule has 0 radical (unpaired) electrons. The molecule has 3 fully saturated rings. The summed E-state index contributed by atoms with van der Waals surface area (Å²) in [6.07, 6.45) is 4.75. The number of rotatable bonds is 3. The van der Waals surface area contributed by atoms with Gasteiger partial charge >= 0.3 is 5.97 Å². The number of fused-ring (bicyclic) bond motifs is 1. The van der Waals surface area contributed by atoms with Crippen LogP contribution in [0.25, 0.3) is 0 Å². The Morgan fingerprint density at radius 2 is 1.76 bits per heavy atom. The third-order valence-electron chi connectivity index (χ3n) is 6.28. The molecule has 0 aromatic heterocycles. The molecule has 0 spiro atoms. The van der Waals surface area contributed by atoms with E-state index in [2.05, 4.69) is 4.90 Å². The minimum Gasteiger partial charge on any atom is -0.481 e. The van der Waals surface area contributed by atoms with E-state index in [4.69, 9.17) is 0 Å². The summed E-state index contributed by atoms with van der Waals surface area (Å²) in [5.74, 6) is -1.42. The first kappa shape index (κ1) is 16.5. The lowest BCUT2D eigenvalue weighted by Crippen LogP contribution is -2.43. The van der Waals surface area contributed by atoms with Crippen molar-refractivity contribution in [2.75, 3.05) is 26.2 Å². The van der Waals surface area contributed by atoms with Gasteiger partial charge in [-0.3, -0.25) is 14.5 Å². The molecular formula is C19H23FN2O3. The van der Waals surface area contributed by atoms with Crippen molar-refractivity contribution in [1.82, 2.24) is 9.80 Å². The van der Waals surface area contributed by atoms with Crippen LogP contribution in [0.2, 0.25) is 0 Å². The second-order valence-electron chi connectivity index (χ2n) is 7.72. The molecule has 2 aliphatic heterocycles. The van der Waals surface area contributed by atoms with Crippen LogP contribution in [0.3, 0.4) is 0 Å². The highest BCUT2D eigenvalue weighted by atomic mass is 19.1. The van der Waals surface area contributed by atoms with Crippen molar-refractivity contribution in [3.8, 4) is 0 Å². The summed E-state index contributed by atoms with van der Waals surface area (Å²) in [5.41, 5.74) is -0.451. The van der Waals surface area contributed by atoms with Crippen LogP contribution in [-0.2, 0) is 4.79 Å². The smallest absolute Gasteiger partial charge is 0.313 e. The Balaban J connectivity index is 1.52. The number of carbonyl (C=O) groups excluding carboxylic acids is 1. The second-order valence-corrected chi connectivity index (χ2v) is 7.72. The molecule has 6 heteroatoms. The SMILES string of the molecule is O=C(c1ccc(F)cc1)N1C[C@H]2CN(C3CCCC3)C[C@@]2(C(=O)O)C1. The van der Waals surface area contributed by atoms with Crippen molar-refractivity contribution in [3.63, 3.8) is 0 Å². The van der Waals surface area contributed by atoms with Crippen molar-refractivity contribution < 1.29 is 19.1 Å². The Bertz CT molecular complexity index is 686. The van der Waals surface area contributed by atoms with Crippen molar-refractivity contribution in [2.24, 2.45) is 11.3 Å². The first-order chi connectivity index (χ1) is 12.0. The van der Waals surface area contributed by atoms with Gasteiger partial charge in [0.15, 0.2) is 0 Å². The number of hydrogen-bond donors (Lipinski definition) is 1. The normalized spacial score (nSPS) is 30.0. The maximum Gasteiger partial charge on any atom is 0.313 e. The van der Waals surface area contributed by atoms with Crippen molar-refractivity contribution >= 4 is 11.9 Å². The van der Waals surface area contributed by atoms with Crippen LogP contribution < -0.4 is 0 Å². The van der Waals surface area contributed by atoms with E-state index >= 15 is 0 Å². The molecule has 2 heterocycles. The summed E-state index contributed by atoms with van der Waals surface area (Å²) in [4.78, 5) is 28.8. The van der Waals surface area contributed by atoms with Gasteiger partial charge < -0.3 is 10.0 Å². The lowest BCUT2D eigenvalue weighted by Gasteiger charge is -2.28. The van der Waals surface area contributed by atoms with Gasteiger partial charge in [0.05, 0.1) is 0 Å². The summed E-state index contributed by atoms with van der Waals surface area (Å²) in [6, 6.07) is 5.95. The minimum atomic E-state index is -0.863. The summed E-state index contributed by atoms with van der Waals surface area (Å²) >= 11 is 0. The Kier molecular flexibility index (Phi) is 4.02. The van der Waals surface area contributed by atoms with Crippen LogP contribution >= 0.6 is 0 Å². The van der Waals surface area contributed by atoms with Crippen LogP contribution in [0, 0.1) is 17.2 Å². The molecule has 1 amide bonds. The molecular weight excluding hydrogens is 323 g/mol. The molecule has 1 saturated carbocycles. The molecule has 3 aliphatic rings. The molecule has 1 aromatic carbocycles. The van der Waals surface area contributed by atoms with Gasteiger partial charge in [-0.25, -0.2) is 4.39 Å². The summed E-state index contributed by atoms with van der Waals surface area (Å²) in [6.45, 7) is 1.99.